The van der Waals surface area contributed by atoms with Crippen LogP contribution in [-0.2, 0) is 4.79 Å². The van der Waals surface area contributed by atoms with E-state index in [1.54, 1.807) is 11.8 Å². The second kappa shape index (κ2) is 11.6. The first-order valence-electron chi connectivity index (χ1n) is 11.1. The van der Waals surface area contributed by atoms with E-state index in [2.05, 4.69) is 44.6 Å². The van der Waals surface area contributed by atoms with Crippen molar-refractivity contribution in [2.45, 2.75) is 67.3 Å². The summed E-state index contributed by atoms with van der Waals surface area (Å²) >= 11 is 1.55. The molecule has 0 unspecified atom stereocenters. The maximum Gasteiger partial charge on any atom is 0.490 e. The first-order valence-corrected chi connectivity index (χ1v) is 12.0. The number of benzene rings is 1. The number of aliphatic carboxylic acids is 1. The number of aromatic carboxylic acids is 1. The number of carboxylic acid groups (broad SMARTS) is 2. The average Bonchev–Trinajstić information content (AvgIpc) is 3.29. The lowest BCUT2D eigenvalue weighted by Gasteiger charge is -2.30. The lowest BCUT2D eigenvalue weighted by atomic mass is 9.84. The fraction of sp³-hybridized carbons (Fsp3) is 0.545. The fourth-order valence-electron chi connectivity index (χ4n) is 4.22. The minimum absolute atomic E-state index is 0.107. The normalized spacial score (nSPS) is 20.9. The molecular formula is C22H27F3N4O4S. The van der Waals surface area contributed by atoms with Crippen molar-refractivity contribution in [2.75, 3.05) is 18.0 Å². The highest BCUT2D eigenvalue weighted by atomic mass is 32.2. The van der Waals surface area contributed by atoms with Gasteiger partial charge in [-0.3, -0.25) is 5.10 Å². The minimum Gasteiger partial charge on any atom is -0.476 e. The van der Waals surface area contributed by atoms with E-state index in [1.807, 2.05) is 0 Å². The molecule has 0 radical (unpaired) electrons. The third-order valence-electron chi connectivity index (χ3n) is 6.01. The van der Waals surface area contributed by atoms with Crippen molar-refractivity contribution in [1.29, 1.82) is 0 Å². The Morgan fingerprint density at radius 3 is 2.12 bits per heavy atom. The number of nitrogens with zero attached hydrogens (tertiary/aromatic N) is 3. The number of carbonyl (C=O) groups is 2. The van der Waals surface area contributed by atoms with E-state index >= 15 is 0 Å². The van der Waals surface area contributed by atoms with Crippen molar-refractivity contribution in [3.63, 3.8) is 0 Å². The summed E-state index contributed by atoms with van der Waals surface area (Å²) in [7, 11) is 0. The van der Waals surface area contributed by atoms with Gasteiger partial charge in [-0.05, 0) is 68.6 Å². The Labute approximate surface area is 198 Å². The Bertz CT molecular complexity index is 954. The zero-order chi connectivity index (χ0) is 24.7. The van der Waals surface area contributed by atoms with Crippen LogP contribution in [0.1, 0.15) is 66.9 Å². The number of nitrogens with one attached hydrogen (secondary N) is 1. The maximum atomic E-state index is 11.2. The molecule has 8 nitrogen and oxygen atoms in total. The Morgan fingerprint density at radius 2 is 1.59 bits per heavy atom. The molecule has 2 aliphatic rings. The van der Waals surface area contributed by atoms with Crippen LogP contribution < -0.4 is 4.90 Å². The molecule has 0 amide bonds. The lowest BCUT2D eigenvalue weighted by Crippen LogP contribution is -2.29. The number of halogens is 3. The van der Waals surface area contributed by atoms with Gasteiger partial charge >= 0.3 is 18.1 Å². The summed E-state index contributed by atoms with van der Waals surface area (Å²) in [6.07, 6.45) is 3.32. The largest absolute Gasteiger partial charge is 0.490 e. The van der Waals surface area contributed by atoms with Crippen molar-refractivity contribution in [1.82, 2.24) is 15.4 Å². The summed E-state index contributed by atoms with van der Waals surface area (Å²) in [6.45, 7) is 2.37. The summed E-state index contributed by atoms with van der Waals surface area (Å²) in [4.78, 5) is 22.6. The zero-order valence-corrected chi connectivity index (χ0v) is 19.2. The molecule has 0 bridgehead atoms. The summed E-state index contributed by atoms with van der Waals surface area (Å²) in [5, 5.41) is 27.3. The smallest absolute Gasteiger partial charge is 0.476 e. The second-order valence-corrected chi connectivity index (χ2v) is 9.62. The van der Waals surface area contributed by atoms with Gasteiger partial charge in [0.15, 0.2) is 10.7 Å². The van der Waals surface area contributed by atoms with Crippen LogP contribution in [0, 0.1) is 0 Å². The van der Waals surface area contributed by atoms with E-state index in [9.17, 15) is 18.0 Å². The van der Waals surface area contributed by atoms with Crippen LogP contribution >= 0.6 is 11.8 Å². The summed E-state index contributed by atoms with van der Waals surface area (Å²) < 4.78 is 31.7. The molecule has 1 aliphatic heterocycles. The number of thioether (sulfide) groups is 1. The van der Waals surface area contributed by atoms with Gasteiger partial charge in [-0.1, -0.05) is 29.1 Å². The maximum absolute atomic E-state index is 11.2. The van der Waals surface area contributed by atoms with Crippen LogP contribution in [0.5, 0.6) is 0 Å². The van der Waals surface area contributed by atoms with Crippen molar-refractivity contribution in [2.24, 2.45) is 0 Å². The molecule has 12 heteroatoms. The third kappa shape index (κ3) is 7.12. The summed E-state index contributed by atoms with van der Waals surface area (Å²) in [5.41, 5.74) is 2.90. The first kappa shape index (κ1) is 25.9. The van der Waals surface area contributed by atoms with E-state index in [4.69, 9.17) is 15.0 Å². The van der Waals surface area contributed by atoms with Gasteiger partial charge in [0.2, 0.25) is 0 Å². The minimum atomic E-state index is -5.08. The summed E-state index contributed by atoms with van der Waals surface area (Å²) in [5.74, 6) is -3.15. The van der Waals surface area contributed by atoms with Crippen LogP contribution in [0.25, 0.3) is 0 Å². The Morgan fingerprint density at radius 1 is 1.00 bits per heavy atom. The molecule has 186 valence electrons. The molecule has 1 aromatic carbocycles. The highest BCUT2D eigenvalue weighted by Gasteiger charge is 2.38. The molecule has 4 rings (SSSR count). The van der Waals surface area contributed by atoms with E-state index in [1.165, 1.54) is 43.6 Å². The van der Waals surface area contributed by atoms with Crippen LogP contribution in [0.4, 0.5) is 18.9 Å². The SMILES string of the molecule is O=C(O)C(F)(F)F.O=C(O)c1[nH]nnc1SC1CCC(c2ccc(N3CCCCC3)cc2)CC1. The molecule has 1 aromatic heterocycles. The van der Waals surface area contributed by atoms with Gasteiger partial charge in [0.1, 0.15) is 0 Å². The van der Waals surface area contributed by atoms with Gasteiger partial charge in [-0.2, -0.15) is 13.2 Å². The Balaban J connectivity index is 0.000000406. The number of rotatable bonds is 5. The molecule has 2 aromatic rings. The number of H-pyrrole nitrogens is 1. The standard InChI is InChI=1S/C20H26N4O2S.C2HF3O2/c25-20(26)18-19(22-23-21-18)27-17-10-6-15(7-11-17)14-4-8-16(9-5-14)24-12-2-1-3-13-24;3-2(4,5)1(6)7/h4-5,8-9,15,17H,1-3,6-7,10-13H2,(H,25,26)(H,21,22,23);(H,6,7). The number of aromatic amines is 1. The van der Waals surface area contributed by atoms with Gasteiger partial charge in [-0.25, -0.2) is 9.59 Å². The number of alkyl halides is 3. The Hall–Kier alpha value is -2.76. The van der Waals surface area contributed by atoms with Crippen LogP contribution in [-0.4, -0.2) is 62.1 Å². The molecule has 1 saturated heterocycles. The quantitative estimate of drug-likeness (QED) is 0.528. The number of carboxylic acids is 2. The predicted molar refractivity (Wildman–Crippen MR) is 120 cm³/mol. The average molecular weight is 501 g/mol. The molecule has 0 atom stereocenters. The molecule has 2 heterocycles. The molecule has 3 N–H and O–H groups in total. The number of piperidine rings is 1. The molecule has 1 aliphatic carbocycles. The van der Waals surface area contributed by atoms with Gasteiger partial charge < -0.3 is 15.1 Å². The van der Waals surface area contributed by atoms with Crippen molar-refractivity contribution < 1.29 is 33.0 Å². The van der Waals surface area contributed by atoms with Gasteiger partial charge in [-0.15, -0.1) is 5.10 Å². The fourth-order valence-corrected chi connectivity index (χ4v) is 5.38. The monoisotopic (exact) mass is 500 g/mol. The second-order valence-electron chi connectivity index (χ2n) is 8.33. The van der Waals surface area contributed by atoms with E-state index < -0.39 is 18.1 Å². The topological polar surface area (TPSA) is 119 Å². The highest BCUT2D eigenvalue weighted by Crippen LogP contribution is 2.40. The molecule has 2 fully saturated rings. The zero-order valence-electron chi connectivity index (χ0n) is 18.4. The van der Waals surface area contributed by atoms with Crippen LogP contribution in [0.15, 0.2) is 29.3 Å². The molecule has 0 spiro atoms. The molecular weight excluding hydrogens is 473 g/mol. The van der Waals surface area contributed by atoms with Crippen molar-refractivity contribution >= 4 is 29.4 Å². The molecule has 1 saturated carbocycles. The van der Waals surface area contributed by atoms with E-state index in [-0.39, 0.29) is 5.69 Å². The number of hydrogen-bond donors (Lipinski definition) is 3. The first-order chi connectivity index (χ1) is 16.1. The number of aromatic nitrogens is 3. The van der Waals surface area contributed by atoms with Crippen molar-refractivity contribution in [3.05, 3.63) is 35.5 Å². The predicted octanol–water partition coefficient (Wildman–Crippen LogP) is 4.95. The van der Waals surface area contributed by atoms with Crippen molar-refractivity contribution in [3.8, 4) is 0 Å². The third-order valence-corrected chi connectivity index (χ3v) is 7.32. The molecule has 34 heavy (non-hydrogen) atoms. The van der Waals surface area contributed by atoms with Gasteiger partial charge in [0.25, 0.3) is 0 Å². The van der Waals surface area contributed by atoms with Crippen LogP contribution in [0.3, 0.4) is 0 Å². The highest BCUT2D eigenvalue weighted by molar-refractivity contribution is 7.99. The van der Waals surface area contributed by atoms with E-state index in [0.717, 1.165) is 25.7 Å². The lowest BCUT2D eigenvalue weighted by molar-refractivity contribution is -0.192. The van der Waals surface area contributed by atoms with Crippen LogP contribution in [0.2, 0.25) is 0 Å². The van der Waals surface area contributed by atoms with E-state index in [0.29, 0.717) is 16.2 Å². The number of hydrogen-bond acceptors (Lipinski definition) is 6. The van der Waals surface area contributed by atoms with Gasteiger partial charge in [0.05, 0.1) is 0 Å². The van der Waals surface area contributed by atoms with Gasteiger partial charge in [0, 0.05) is 24.0 Å². The number of anilines is 1. The summed E-state index contributed by atoms with van der Waals surface area (Å²) in [6, 6.07) is 9.19. The Kier molecular flexibility index (Phi) is 8.81.